The van der Waals surface area contributed by atoms with E-state index < -0.39 is 0 Å². The Hall–Kier alpha value is -1.59. The molecule has 0 aromatic heterocycles. The fourth-order valence-corrected chi connectivity index (χ4v) is 1.15. The molecule has 0 saturated carbocycles. The van der Waals surface area contributed by atoms with Crippen molar-refractivity contribution in [1.82, 2.24) is 0 Å². The van der Waals surface area contributed by atoms with Gasteiger partial charge in [0, 0.05) is 6.07 Å². The molecule has 0 aliphatic rings. The van der Waals surface area contributed by atoms with Crippen LogP contribution in [0.15, 0.2) is 18.2 Å². The minimum Gasteiger partial charge on any atom is -0.491 e. The van der Waals surface area contributed by atoms with Crippen LogP contribution in [-0.4, -0.2) is 42.9 Å². The molecule has 5 heteroatoms. The Bertz CT molecular complexity index is 337. The lowest BCUT2D eigenvalue weighted by Crippen LogP contribution is -2.05. The molecule has 1 rings (SSSR count). The van der Waals surface area contributed by atoms with Crippen LogP contribution in [0.1, 0.15) is 10.4 Å². The fourth-order valence-electron chi connectivity index (χ4n) is 1.15. The fraction of sp³-hybridized carbons (Fsp3) is 0.364. The maximum atomic E-state index is 10.7. The minimum absolute atomic E-state index is 0.0811. The highest BCUT2D eigenvalue weighted by molar-refractivity contribution is 5.79. The summed E-state index contributed by atoms with van der Waals surface area (Å²) < 4.78 is 10.3. The Morgan fingerprint density at radius 2 is 1.81 bits per heavy atom. The SMILES string of the molecule is O=Cc1ccc(OCCO)cc1OCCO. The zero-order chi connectivity index (χ0) is 11.8. The Kier molecular flexibility index (Phi) is 5.31. The van der Waals surface area contributed by atoms with E-state index in [1.165, 1.54) is 0 Å². The zero-order valence-electron chi connectivity index (χ0n) is 8.76. The summed E-state index contributed by atoms with van der Waals surface area (Å²) in [6.07, 6.45) is 0.669. The maximum Gasteiger partial charge on any atom is 0.153 e. The number of rotatable bonds is 7. The molecule has 2 N–H and O–H groups in total. The summed E-state index contributed by atoms with van der Waals surface area (Å²) in [4.78, 5) is 10.7. The van der Waals surface area contributed by atoms with Gasteiger partial charge in [-0.1, -0.05) is 0 Å². The number of aldehydes is 1. The first-order chi connectivity index (χ1) is 7.81. The third-order valence-corrected chi connectivity index (χ3v) is 1.82. The number of aliphatic hydroxyl groups is 2. The highest BCUT2D eigenvalue weighted by Gasteiger charge is 2.05. The second kappa shape index (κ2) is 6.81. The van der Waals surface area contributed by atoms with Gasteiger partial charge in [0.1, 0.15) is 24.7 Å². The number of carbonyl (C=O) groups is 1. The lowest BCUT2D eigenvalue weighted by atomic mass is 10.2. The van der Waals surface area contributed by atoms with E-state index >= 15 is 0 Å². The minimum atomic E-state index is -0.125. The molecule has 1 aromatic rings. The van der Waals surface area contributed by atoms with Crippen molar-refractivity contribution < 1.29 is 24.5 Å². The summed E-state index contributed by atoms with van der Waals surface area (Å²) >= 11 is 0. The highest BCUT2D eigenvalue weighted by Crippen LogP contribution is 2.23. The van der Waals surface area contributed by atoms with Crippen molar-refractivity contribution in [2.75, 3.05) is 26.4 Å². The average molecular weight is 226 g/mol. The zero-order valence-corrected chi connectivity index (χ0v) is 8.76. The Labute approximate surface area is 93.2 Å². The second-order valence-corrected chi connectivity index (χ2v) is 2.96. The number of hydrogen-bond donors (Lipinski definition) is 2. The monoisotopic (exact) mass is 226 g/mol. The lowest BCUT2D eigenvalue weighted by molar-refractivity contribution is 0.111. The van der Waals surface area contributed by atoms with Crippen LogP contribution in [0.4, 0.5) is 0 Å². The largest absolute Gasteiger partial charge is 0.491 e. The highest BCUT2D eigenvalue weighted by atomic mass is 16.5. The first-order valence-electron chi connectivity index (χ1n) is 4.88. The molecular weight excluding hydrogens is 212 g/mol. The van der Waals surface area contributed by atoms with E-state index in [4.69, 9.17) is 19.7 Å². The van der Waals surface area contributed by atoms with Crippen LogP contribution in [-0.2, 0) is 0 Å². The van der Waals surface area contributed by atoms with Crippen LogP contribution in [0.5, 0.6) is 11.5 Å². The summed E-state index contributed by atoms with van der Waals surface area (Å²) in [5.74, 6) is 0.868. The quantitative estimate of drug-likeness (QED) is 0.651. The van der Waals surface area contributed by atoms with Crippen LogP contribution in [0, 0.1) is 0 Å². The van der Waals surface area contributed by atoms with Crippen molar-refractivity contribution >= 4 is 6.29 Å². The number of benzene rings is 1. The predicted molar refractivity (Wildman–Crippen MR) is 57.0 cm³/mol. The van der Waals surface area contributed by atoms with Gasteiger partial charge in [-0.15, -0.1) is 0 Å². The third-order valence-electron chi connectivity index (χ3n) is 1.82. The Morgan fingerprint density at radius 1 is 1.12 bits per heavy atom. The molecule has 0 spiro atoms. The van der Waals surface area contributed by atoms with E-state index in [1.807, 2.05) is 0 Å². The van der Waals surface area contributed by atoms with Gasteiger partial charge < -0.3 is 19.7 Å². The lowest BCUT2D eigenvalue weighted by Gasteiger charge is -2.10. The van der Waals surface area contributed by atoms with Crippen LogP contribution in [0.2, 0.25) is 0 Å². The van der Waals surface area contributed by atoms with Crippen LogP contribution in [0.25, 0.3) is 0 Å². The Morgan fingerprint density at radius 3 is 2.44 bits per heavy atom. The molecule has 16 heavy (non-hydrogen) atoms. The van der Waals surface area contributed by atoms with Gasteiger partial charge in [-0.25, -0.2) is 0 Å². The van der Waals surface area contributed by atoms with Crippen LogP contribution in [0.3, 0.4) is 0 Å². The van der Waals surface area contributed by atoms with Gasteiger partial charge >= 0.3 is 0 Å². The van der Waals surface area contributed by atoms with Gasteiger partial charge in [0.25, 0.3) is 0 Å². The second-order valence-electron chi connectivity index (χ2n) is 2.96. The van der Waals surface area contributed by atoms with E-state index in [-0.39, 0.29) is 26.4 Å². The standard InChI is InChI=1S/C11H14O5/c12-3-5-15-10-2-1-9(8-14)11(7-10)16-6-4-13/h1-2,7-8,12-13H,3-6H2. The molecule has 0 radical (unpaired) electrons. The van der Waals surface area contributed by atoms with E-state index in [1.54, 1.807) is 18.2 Å². The van der Waals surface area contributed by atoms with Gasteiger partial charge in [0.05, 0.1) is 18.8 Å². The summed E-state index contributed by atoms with van der Waals surface area (Å²) in [6, 6.07) is 4.73. The smallest absolute Gasteiger partial charge is 0.153 e. The molecule has 0 atom stereocenters. The molecule has 0 unspecified atom stereocenters. The van der Waals surface area contributed by atoms with Crippen molar-refractivity contribution in [3.05, 3.63) is 23.8 Å². The summed E-state index contributed by atoms with van der Waals surface area (Å²) in [7, 11) is 0. The van der Waals surface area contributed by atoms with E-state index in [2.05, 4.69) is 0 Å². The predicted octanol–water partition coefficient (Wildman–Crippen LogP) is 0.241. The molecule has 1 aromatic carbocycles. The number of hydrogen-bond acceptors (Lipinski definition) is 5. The summed E-state index contributed by atoms with van der Waals surface area (Å²) in [5.41, 5.74) is 0.393. The number of ether oxygens (including phenoxy) is 2. The maximum absolute atomic E-state index is 10.7. The normalized spacial score (nSPS) is 9.88. The molecule has 0 aliphatic carbocycles. The molecule has 0 fully saturated rings. The average Bonchev–Trinajstić information content (AvgIpc) is 2.33. The topological polar surface area (TPSA) is 76.0 Å². The Balaban J connectivity index is 2.78. The van der Waals surface area contributed by atoms with Crippen molar-refractivity contribution in [3.63, 3.8) is 0 Å². The molecule has 0 aliphatic heterocycles. The molecule has 0 amide bonds. The number of carbonyl (C=O) groups excluding carboxylic acids is 1. The first-order valence-corrected chi connectivity index (χ1v) is 4.88. The van der Waals surface area contributed by atoms with Gasteiger partial charge in [-0.05, 0) is 12.1 Å². The van der Waals surface area contributed by atoms with Gasteiger partial charge in [0.15, 0.2) is 6.29 Å². The van der Waals surface area contributed by atoms with Crippen LogP contribution < -0.4 is 9.47 Å². The van der Waals surface area contributed by atoms with E-state index in [9.17, 15) is 4.79 Å². The third kappa shape index (κ3) is 3.52. The molecule has 5 nitrogen and oxygen atoms in total. The molecule has 0 saturated heterocycles. The number of aliphatic hydroxyl groups excluding tert-OH is 2. The van der Waals surface area contributed by atoms with E-state index in [0.29, 0.717) is 23.3 Å². The summed E-state index contributed by atoms with van der Waals surface area (Å²) in [5, 5.41) is 17.2. The van der Waals surface area contributed by atoms with Gasteiger partial charge in [0.2, 0.25) is 0 Å². The van der Waals surface area contributed by atoms with Crippen molar-refractivity contribution in [1.29, 1.82) is 0 Å². The van der Waals surface area contributed by atoms with Crippen molar-refractivity contribution in [3.8, 4) is 11.5 Å². The van der Waals surface area contributed by atoms with Crippen LogP contribution >= 0.6 is 0 Å². The van der Waals surface area contributed by atoms with Gasteiger partial charge in [-0.2, -0.15) is 0 Å². The molecule has 0 heterocycles. The van der Waals surface area contributed by atoms with E-state index in [0.717, 1.165) is 0 Å². The van der Waals surface area contributed by atoms with Crippen molar-refractivity contribution in [2.45, 2.75) is 0 Å². The molecule has 0 bridgehead atoms. The molecule has 88 valence electrons. The first kappa shape index (κ1) is 12.5. The summed E-state index contributed by atoms with van der Waals surface area (Å²) in [6.45, 7) is 0.0897. The molecular formula is C11H14O5. The van der Waals surface area contributed by atoms with Gasteiger partial charge in [-0.3, -0.25) is 4.79 Å². The van der Waals surface area contributed by atoms with Crippen molar-refractivity contribution in [2.24, 2.45) is 0 Å².